The topological polar surface area (TPSA) is 177 Å². The maximum Gasteiger partial charge on any atom is 0.476 e. The third-order valence-corrected chi connectivity index (χ3v) is 12.1. The van der Waals surface area contributed by atoms with Crippen molar-refractivity contribution in [2.75, 3.05) is 27.4 Å². The number of nitriles is 1. The van der Waals surface area contributed by atoms with Crippen LogP contribution < -0.4 is 20.7 Å². The second-order valence-electron chi connectivity index (χ2n) is 14.6. The van der Waals surface area contributed by atoms with Gasteiger partial charge in [-0.25, -0.2) is 9.36 Å². The van der Waals surface area contributed by atoms with Gasteiger partial charge in [0.05, 0.1) is 39.9 Å². The number of phosphoric ester groups is 1. The van der Waals surface area contributed by atoms with Gasteiger partial charge in [-0.3, -0.25) is 32.7 Å². The summed E-state index contributed by atoms with van der Waals surface area (Å²) in [6.45, 7) is 0.945. The molecule has 0 radical (unpaired) electrons. The van der Waals surface area contributed by atoms with Crippen molar-refractivity contribution in [3.8, 4) is 17.6 Å². The number of aryl methyl sites for hydroxylation is 1. The second kappa shape index (κ2) is 20.2. The molecule has 0 bridgehead atoms. The van der Waals surface area contributed by atoms with E-state index in [-0.39, 0.29) is 36.1 Å². The summed E-state index contributed by atoms with van der Waals surface area (Å²) in [5, 5.41) is 9.48. The van der Waals surface area contributed by atoms with E-state index in [0.29, 0.717) is 11.5 Å². The molecule has 14 nitrogen and oxygen atoms in total. The summed E-state index contributed by atoms with van der Waals surface area (Å²) in [7, 11) is -2.01. The van der Waals surface area contributed by atoms with Gasteiger partial charge in [-0.15, -0.1) is 0 Å². The lowest BCUT2D eigenvalue weighted by atomic mass is 9.80. The van der Waals surface area contributed by atoms with Gasteiger partial charge >= 0.3 is 13.5 Å². The van der Waals surface area contributed by atoms with E-state index in [9.17, 15) is 19.6 Å². The van der Waals surface area contributed by atoms with Crippen LogP contribution in [-0.2, 0) is 33.2 Å². The Morgan fingerprint density at radius 1 is 0.857 bits per heavy atom. The number of hydrogen-bond acceptors (Lipinski definition) is 12. The molecule has 1 aromatic heterocycles. The standard InChI is InChI=1S/C48H46N3O11P/c1-33-31-51(47(54)50-46(33)53)43-30-41(42(60-43)32-58-48(36-19-10-5-11-20-36,37-21-12-6-13-22-37)38-23-14-7-15-24-38)61-63(55,59-26-16-25-49)62-45(44(52)34-17-8-4-9-18-34)35-27-39(56-2)29-40(28-35)57-3/h4-15,17-24,27-29,31,41-43,45H,16,26,30,32H2,1-3H3,(H,50,53,54)/t41-,42+,43+,45+,63?/m0/s1. The van der Waals surface area contributed by atoms with E-state index >= 15 is 4.57 Å². The number of H-pyrrole nitrogens is 1. The molecule has 0 saturated carbocycles. The van der Waals surface area contributed by atoms with Crippen molar-refractivity contribution in [1.29, 1.82) is 5.26 Å². The molecule has 1 aliphatic rings. The van der Waals surface area contributed by atoms with E-state index in [1.165, 1.54) is 25.0 Å². The van der Waals surface area contributed by atoms with Gasteiger partial charge in [-0.1, -0.05) is 121 Å². The third kappa shape index (κ3) is 10.1. The average molecular weight is 872 g/mol. The Bertz CT molecular complexity index is 2570. The lowest BCUT2D eigenvalue weighted by molar-refractivity contribution is -0.0950. The van der Waals surface area contributed by atoms with Crippen LogP contribution in [-0.4, -0.2) is 55.0 Å². The average Bonchev–Trinajstić information content (AvgIpc) is 3.71. The first-order valence-corrected chi connectivity index (χ1v) is 21.6. The monoisotopic (exact) mass is 871 g/mol. The zero-order chi connectivity index (χ0) is 44.4. The first-order valence-electron chi connectivity index (χ1n) is 20.2. The van der Waals surface area contributed by atoms with E-state index in [1.54, 1.807) is 55.5 Å². The number of hydrogen-bond donors (Lipinski definition) is 1. The van der Waals surface area contributed by atoms with Crippen molar-refractivity contribution >= 4 is 13.6 Å². The number of carbonyl (C=O) groups is 1. The van der Waals surface area contributed by atoms with Gasteiger partial charge in [0, 0.05) is 29.8 Å². The van der Waals surface area contributed by atoms with Gasteiger partial charge in [0.25, 0.3) is 5.56 Å². The molecule has 6 aromatic rings. The predicted octanol–water partition coefficient (Wildman–Crippen LogP) is 8.22. The predicted molar refractivity (Wildman–Crippen MR) is 233 cm³/mol. The molecule has 2 heterocycles. The molecule has 5 aromatic carbocycles. The van der Waals surface area contributed by atoms with E-state index in [0.717, 1.165) is 16.7 Å². The summed E-state index contributed by atoms with van der Waals surface area (Å²) in [6, 6.07) is 43.9. The Labute approximate surface area is 364 Å². The second-order valence-corrected chi connectivity index (χ2v) is 16.2. The first kappa shape index (κ1) is 44.6. The summed E-state index contributed by atoms with van der Waals surface area (Å²) >= 11 is 0. The molecule has 5 atom stereocenters. The number of ketones is 1. The fourth-order valence-corrected chi connectivity index (χ4v) is 9.00. The highest BCUT2D eigenvalue weighted by Crippen LogP contribution is 2.57. The number of ether oxygens (including phenoxy) is 4. The number of benzene rings is 5. The van der Waals surface area contributed by atoms with Crippen molar-refractivity contribution in [3.05, 3.63) is 200 Å². The van der Waals surface area contributed by atoms with E-state index in [1.807, 2.05) is 97.1 Å². The van der Waals surface area contributed by atoms with Gasteiger partial charge in [-0.05, 0) is 41.3 Å². The van der Waals surface area contributed by atoms with Crippen LogP contribution in [0.2, 0.25) is 0 Å². The van der Waals surface area contributed by atoms with Gasteiger partial charge in [0.15, 0.2) is 11.9 Å². The van der Waals surface area contributed by atoms with Crippen LogP contribution in [0.4, 0.5) is 0 Å². The lowest BCUT2D eigenvalue weighted by Crippen LogP contribution is -2.38. The molecule has 63 heavy (non-hydrogen) atoms. The van der Waals surface area contributed by atoms with E-state index < -0.39 is 61.6 Å². The van der Waals surface area contributed by atoms with Gasteiger partial charge in [-0.2, -0.15) is 5.26 Å². The number of carbonyl (C=O) groups excluding carboxylic acids is 1. The summed E-state index contributed by atoms with van der Waals surface area (Å²) in [6.07, 6.45) is -3.90. The number of aromatic amines is 1. The van der Waals surface area contributed by atoms with Gasteiger partial charge < -0.3 is 18.9 Å². The van der Waals surface area contributed by atoms with Crippen LogP contribution >= 0.6 is 7.82 Å². The summed E-state index contributed by atoms with van der Waals surface area (Å²) in [5.41, 5.74) is 0.558. The molecule has 1 fully saturated rings. The quantitative estimate of drug-likeness (QED) is 0.0358. The highest BCUT2D eigenvalue weighted by atomic mass is 31.2. The molecule has 7 rings (SSSR count). The molecule has 0 aliphatic carbocycles. The highest BCUT2D eigenvalue weighted by Gasteiger charge is 2.47. The third-order valence-electron chi connectivity index (χ3n) is 10.6. The smallest absolute Gasteiger partial charge is 0.476 e. The molecule has 1 aliphatic heterocycles. The molecule has 15 heteroatoms. The Kier molecular flexibility index (Phi) is 14.3. The number of aromatic nitrogens is 2. The number of nitrogens with one attached hydrogen (secondary N) is 1. The Balaban J connectivity index is 1.32. The van der Waals surface area contributed by atoms with Crippen LogP contribution in [0, 0.1) is 18.3 Å². The zero-order valence-corrected chi connectivity index (χ0v) is 35.7. The number of methoxy groups -OCH3 is 2. The van der Waals surface area contributed by atoms with Crippen molar-refractivity contribution in [3.63, 3.8) is 0 Å². The molecule has 324 valence electrons. The molecular formula is C48H46N3O11P. The number of phosphoric acid groups is 1. The molecule has 1 N–H and O–H groups in total. The normalized spacial score (nSPS) is 17.6. The van der Waals surface area contributed by atoms with Crippen LogP contribution in [0.5, 0.6) is 11.5 Å². The Morgan fingerprint density at radius 3 is 1.92 bits per heavy atom. The fourth-order valence-electron chi connectivity index (χ4n) is 7.49. The van der Waals surface area contributed by atoms with E-state index in [2.05, 4.69) is 4.98 Å². The van der Waals surface area contributed by atoms with Gasteiger partial charge in [0.2, 0.25) is 0 Å². The minimum absolute atomic E-state index is 0.117. The molecular weight excluding hydrogens is 826 g/mol. The first-order chi connectivity index (χ1) is 30.6. The highest BCUT2D eigenvalue weighted by molar-refractivity contribution is 7.48. The Hall–Kier alpha value is -6.43. The summed E-state index contributed by atoms with van der Waals surface area (Å²) < 4.78 is 59.8. The molecule has 1 saturated heterocycles. The van der Waals surface area contributed by atoms with Crippen molar-refractivity contribution in [1.82, 2.24) is 9.55 Å². The molecule has 1 unspecified atom stereocenters. The Morgan fingerprint density at radius 2 is 1.40 bits per heavy atom. The van der Waals surface area contributed by atoms with Crippen molar-refractivity contribution in [2.24, 2.45) is 0 Å². The van der Waals surface area contributed by atoms with Crippen LogP contribution in [0.25, 0.3) is 0 Å². The summed E-state index contributed by atoms with van der Waals surface area (Å²) in [5.74, 6) is 0.0573. The fraction of sp³-hybridized carbons (Fsp3) is 0.250. The molecule has 0 spiro atoms. The number of nitrogens with zero attached hydrogens (tertiary/aromatic N) is 2. The maximum atomic E-state index is 15.3. The largest absolute Gasteiger partial charge is 0.497 e. The number of Topliss-reactive ketones (excluding diaryl/α,β-unsaturated/α-hetero) is 1. The van der Waals surface area contributed by atoms with Crippen LogP contribution in [0.3, 0.4) is 0 Å². The minimum Gasteiger partial charge on any atom is -0.497 e. The minimum atomic E-state index is -4.90. The lowest BCUT2D eigenvalue weighted by Gasteiger charge is -2.37. The SMILES string of the molecule is COc1cc(OC)cc([C@@H](OP(=O)(OCCC#N)O[C@H]2C[C@H](n3cc(C)c(=O)[nH]c3=O)O[C@@H]2COC(c2ccccc2)(c2ccccc2)c2ccccc2)C(=O)c2ccccc2)c1. The summed E-state index contributed by atoms with van der Waals surface area (Å²) in [4.78, 5) is 42.5. The van der Waals surface area contributed by atoms with Crippen molar-refractivity contribution < 1.29 is 41.9 Å². The van der Waals surface area contributed by atoms with Crippen molar-refractivity contribution in [2.45, 2.75) is 49.9 Å². The zero-order valence-electron chi connectivity index (χ0n) is 34.8. The number of rotatable bonds is 19. The maximum absolute atomic E-state index is 15.3. The van der Waals surface area contributed by atoms with Gasteiger partial charge in [0.1, 0.15) is 35.5 Å². The van der Waals surface area contributed by atoms with Crippen LogP contribution in [0.1, 0.15) is 63.3 Å². The van der Waals surface area contributed by atoms with E-state index in [4.69, 9.17) is 32.5 Å². The van der Waals surface area contributed by atoms with Crippen LogP contribution in [0.15, 0.2) is 155 Å². The molecule has 0 amide bonds.